The van der Waals surface area contributed by atoms with Crippen LogP contribution in [0.5, 0.6) is 17.2 Å². The SMILES string of the molecule is CCOc1cc(C2C(C(=O)CC(C)C)=C(O)C(=O)N2Cc2ccc(OC)cc2)ccc1O. The summed E-state index contributed by atoms with van der Waals surface area (Å²) < 4.78 is 10.7. The van der Waals surface area contributed by atoms with Gasteiger partial charge in [0.1, 0.15) is 5.75 Å². The van der Waals surface area contributed by atoms with E-state index in [4.69, 9.17) is 9.47 Å². The van der Waals surface area contributed by atoms with Crippen LogP contribution in [0.2, 0.25) is 0 Å². The number of carbonyl (C=O) groups excluding carboxylic acids is 2. The van der Waals surface area contributed by atoms with Crippen LogP contribution in [0.1, 0.15) is 44.4 Å². The highest BCUT2D eigenvalue weighted by molar-refractivity contribution is 6.09. The summed E-state index contributed by atoms with van der Waals surface area (Å²) in [6, 6.07) is 11.2. The van der Waals surface area contributed by atoms with Gasteiger partial charge in [0.05, 0.1) is 25.3 Å². The quantitative estimate of drug-likeness (QED) is 0.604. The van der Waals surface area contributed by atoms with Gasteiger partial charge in [-0.3, -0.25) is 9.59 Å². The zero-order valence-corrected chi connectivity index (χ0v) is 18.8. The van der Waals surface area contributed by atoms with Crippen molar-refractivity contribution in [1.29, 1.82) is 0 Å². The number of nitrogens with zero attached hydrogens (tertiary/aromatic N) is 1. The van der Waals surface area contributed by atoms with Crippen LogP contribution in [0.25, 0.3) is 0 Å². The predicted octanol–water partition coefficient (Wildman–Crippen LogP) is 4.31. The number of phenolic OH excluding ortho intramolecular Hbond substituents is 1. The molecule has 7 nitrogen and oxygen atoms in total. The molecule has 1 amide bonds. The van der Waals surface area contributed by atoms with E-state index in [1.165, 1.54) is 11.0 Å². The first-order chi connectivity index (χ1) is 15.3. The molecule has 0 bridgehead atoms. The van der Waals surface area contributed by atoms with Crippen LogP contribution in [-0.2, 0) is 16.1 Å². The summed E-state index contributed by atoms with van der Waals surface area (Å²) in [7, 11) is 1.57. The molecule has 0 radical (unpaired) electrons. The van der Waals surface area contributed by atoms with E-state index in [9.17, 15) is 19.8 Å². The Kier molecular flexibility index (Phi) is 7.08. The lowest BCUT2D eigenvalue weighted by molar-refractivity contribution is -0.130. The van der Waals surface area contributed by atoms with Crippen LogP contribution in [0.3, 0.4) is 0 Å². The number of ketones is 1. The van der Waals surface area contributed by atoms with Gasteiger partial charge >= 0.3 is 0 Å². The largest absolute Gasteiger partial charge is 0.504 e. The maximum Gasteiger partial charge on any atom is 0.290 e. The second-order valence-electron chi connectivity index (χ2n) is 8.13. The van der Waals surface area contributed by atoms with E-state index in [1.54, 1.807) is 38.3 Å². The fourth-order valence-corrected chi connectivity index (χ4v) is 3.83. The number of benzene rings is 2. The van der Waals surface area contributed by atoms with E-state index in [-0.39, 0.29) is 41.7 Å². The molecule has 32 heavy (non-hydrogen) atoms. The fraction of sp³-hybridized carbons (Fsp3) is 0.360. The number of hydrogen-bond donors (Lipinski definition) is 2. The molecule has 1 unspecified atom stereocenters. The van der Waals surface area contributed by atoms with Gasteiger partial charge in [0, 0.05) is 13.0 Å². The summed E-state index contributed by atoms with van der Waals surface area (Å²) in [6.45, 7) is 6.14. The summed E-state index contributed by atoms with van der Waals surface area (Å²) >= 11 is 0. The first kappa shape index (κ1) is 23.2. The topological polar surface area (TPSA) is 96.3 Å². The Hall–Kier alpha value is -3.48. The van der Waals surface area contributed by atoms with Gasteiger partial charge in [0.15, 0.2) is 23.0 Å². The lowest BCUT2D eigenvalue weighted by Crippen LogP contribution is -2.30. The summed E-state index contributed by atoms with van der Waals surface area (Å²) in [5.74, 6) is -0.447. The number of ether oxygens (including phenoxy) is 2. The second kappa shape index (κ2) is 9.77. The van der Waals surface area contributed by atoms with Gasteiger partial charge in [-0.25, -0.2) is 0 Å². The van der Waals surface area contributed by atoms with Gasteiger partial charge in [-0.1, -0.05) is 32.0 Å². The molecule has 3 rings (SSSR count). The molecule has 0 aromatic heterocycles. The number of aliphatic hydroxyl groups excluding tert-OH is 1. The smallest absolute Gasteiger partial charge is 0.290 e. The molecule has 2 aromatic rings. The van der Waals surface area contributed by atoms with Crippen LogP contribution in [0.15, 0.2) is 53.8 Å². The Morgan fingerprint density at radius 2 is 1.81 bits per heavy atom. The Bertz CT molecular complexity index is 1030. The van der Waals surface area contributed by atoms with E-state index in [0.29, 0.717) is 17.9 Å². The molecule has 0 saturated heterocycles. The normalized spacial score (nSPS) is 16.1. The molecule has 1 aliphatic heterocycles. The highest BCUT2D eigenvalue weighted by Crippen LogP contribution is 2.42. The molecule has 2 N–H and O–H groups in total. The van der Waals surface area contributed by atoms with E-state index in [1.807, 2.05) is 26.0 Å². The third-order valence-electron chi connectivity index (χ3n) is 5.31. The average molecular weight is 440 g/mol. The van der Waals surface area contributed by atoms with Gasteiger partial charge in [-0.15, -0.1) is 0 Å². The minimum atomic E-state index is -0.796. The fourth-order valence-electron chi connectivity index (χ4n) is 3.83. The molecule has 7 heteroatoms. The van der Waals surface area contributed by atoms with Crippen molar-refractivity contribution < 1.29 is 29.3 Å². The van der Waals surface area contributed by atoms with Crippen molar-refractivity contribution in [2.45, 2.75) is 39.8 Å². The second-order valence-corrected chi connectivity index (χ2v) is 8.13. The number of amides is 1. The Balaban J connectivity index is 2.06. The van der Waals surface area contributed by atoms with Crippen molar-refractivity contribution in [3.05, 3.63) is 64.9 Å². The number of Topliss-reactive ketones (excluding diaryl/α,β-unsaturated/α-hetero) is 1. The van der Waals surface area contributed by atoms with Crippen LogP contribution in [0.4, 0.5) is 0 Å². The van der Waals surface area contributed by atoms with Crippen LogP contribution in [-0.4, -0.2) is 40.5 Å². The predicted molar refractivity (Wildman–Crippen MR) is 120 cm³/mol. The Labute approximate surface area is 187 Å². The number of carbonyl (C=O) groups is 2. The Morgan fingerprint density at radius 3 is 2.41 bits per heavy atom. The highest BCUT2D eigenvalue weighted by Gasteiger charge is 2.43. The Morgan fingerprint density at radius 1 is 1.12 bits per heavy atom. The molecule has 170 valence electrons. The maximum absolute atomic E-state index is 13.1. The van der Waals surface area contributed by atoms with Crippen LogP contribution >= 0.6 is 0 Å². The van der Waals surface area contributed by atoms with E-state index in [0.717, 1.165) is 5.56 Å². The number of phenols is 1. The van der Waals surface area contributed by atoms with Crippen molar-refractivity contribution in [3.63, 3.8) is 0 Å². The molecule has 0 saturated carbocycles. The maximum atomic E-state index is 13.1. The first-order valence-electron chi connectivity index (χ1n) is 10.6. The van der Waals surface area contributed by atoms with Crippen molar-refractivity contribution in [2.24, 2.45) is 5.92 Å². The zero-order valence-electron chi connectivity index (χ0n) is 18.8. The minimum absolute atomic E-state index is 0.0371. The van der Waals surface area contributed by atoms with Crippen molar-refractivity contribution in [1.82, 2.24) is 4.90 Å². The number of hydrogen-bond acceptors (Lipinski definition) is 6. The summed E-state index contributed by atoms with van der Waals surface area (Å²) in [5, 5.41) is 20.8. The molecular formula is C25H29NO6. The number of rotatable bonds is 9. The summed E-state index contributed by atoms with van der Waals surface area (Å²) in [4.78, 5) is 27.6. The summed E-state index contributed by atoms with van der Waals surface area (Å²) in [6.07, 6.45) is 0.204. The number of aromatic hydroxyl groups is 1. The lowest BCUT2D eigenvalue weighted by Gasteiger charge is -2.27. The van der Waals surface area contributed by atoms with Crippen molar-refractivity contribution in [3.8, 4) is 17.2 Å². The summed E-state index contributed by atoms with van der Waals surface area (Å²) in [5.41, 5.74) is 1.47. The number of aliphatic hydroxyl groups is 1. The molecular weight excluding hydrogens is 410 g/mol. The third-order valence-corrected chi connectivity index (χ3v) is 5.31. The first-order valence-corrected chi connectivity index (χ1v) is 10.6. The van der Waals surface area contributed by atoms with Gasteiger partial charge in [-0.2, -0.15) is 0 Å². The lowest BCUT2D eigenvalue weighted by atomic mass is 9.92. The van der Waals surface area contributed by atoms with E-state index < -0.39 is 17.7 Å². The highest BCUT2D eigenvalue weighted by atomic mass is 16.5. The average Bonchev–Trinajstić information content (AvgIpc) is 3.00. The zero-order chi connectivity index (χ0) is 23.4. The minimum Gasteiger partial charge on any atom is -0.504 e. The van der Waals surface area contributed by atoms with Crippen LogP contribution < -0.4 is 9.47 Å². The molecule has 1 heterocycles. The van der Waals surface area contributed by atoms with Crippen molar-refractivity contribution in [2.75, 3.05) is 13.7 Å². The molecule has 0 fully saturated rings. The monoisotopic (exact) mass is 439 g/mol. The van der Waals surface area contributed by atoms with E-state index in [2.05, 4.69) is 0 Å². The van der Waals surface area contributed by atoms with Gasteiger partial charge in [-0.05, 0) is 48.2 Å². The van der Waals surface area contributed by atoms with Crippen molar-refractivity contribution >= 4 is 11.7 Å². The van der Waals surface area contributed by atoms with Gasteiger partial charge < -0.3 is 24.6 Å². The molecule has 0 aliphatic carbocycles. The van der Waals surface area contributed by atoms with Crippen LogP contribution in [0, 0.1) is 5.92 Å². The third kappa shape index (κ3) is 4.72. The molecule has 2 aromatic carbocycles. The molecule has 1 aliphatic rings. The van der Waals surface area contributed by atoms with E-state index >= 15 is 0 Å². The standard InChI is InChI=1S/C25H29NO6/c1-5-32-21-13-17(8-11-19(21)27)23-22(20(28)12-15(2)3)24(29)25(30)26(23)14-16-6-9-18(31-4)10-7-16/h6-11,13,15,23,27,29H,5,12,14H2,1-4H3. The van der Waals surface area contributed by atoms with Gasteiger partial charge in [0.25, 0.3) is 5.91 Å². The number of methoxy groups -OCH3 is 1. The molecule has 0 spiro atoms. The molecule has 1 atom stereocenters. The van der Waals surface area contributed by atoms with Gasteiger partial charge in [0.2, 0.25) is 0 Å².